The molecule has 0 spiro atoms. The number of nitrogens with one attached hydrogen (secondary N) is 2. The van der Waals surface area contributed by atoms with E-state index in [4.69, 9.17) is 0 Å². The van der Waals surface area contributed by atoms with E-state index in [1.807, 2.05) is 30.3 Å². The van der Waals surface area contributed by atoms with Crippen molar-refractivity contribution in [3.05, 3.63) is 95.8 Å². The van der Waals surface area contributed by atoms with E-state index in [0.29, 0.717) is 24.5 Å². The Morgan fingerprint density at radius 3 is 2.51 bits per heavy atom. The van der Waals surface area contributed by atoms with Gasteiger partial charge in [-0.2, -0.15) is 4.72 Å². The fraction of sp³-hybridized carbons (Fsp3) is 0.269. The van der Waals surface area contributed by atoms with Crippen LogP contribution >= 0.6 is 0 Å². The summed E-state index contributed by atoms with van der Waals surface area (Å²) in [5.74, 6) is -3.17. The van der Waals surface area contributed by atoms with E-state index in [-0.39, 0.29) is 25.4 Å². The number of carbonyl (C=O) groups excluding carboxylic acids is 2. The van der Waals surface area contributed by atoms with Crippen LogP contribution in [-0.2, 0) is 32.6 Å². The maximum absolute atomic E-state index is 14.3. The molecule has 37 heavy (non-hydrogen) atoms. The molecule has 1 fully saturated rings. The van der Waals surface area contributed by atoms with E-state index in [0.717, 1.165) is 17.7 Å². The van der Waals surface area contributed by atoms with Gasteiger partial charge in [0.1, 0.15) is 28.6 Å². The van der Waals surface area contributed by atoms with Gasteiger partial charge in [-0.1, -0.05) is 36.4 Å². The minimum Gasteiger partial charge on any atom is -0.350 e. The average molecular weight is 529 g/mol. The van der Waals surface area contributed by atoms with Gasteiger partial charge in [0.05, 0.1) is 0 Å². The van der Waals surface area contributed by atoms with Gasteiger partial charge in [0, 0.05) is 31.5 Å². The second kappa shape index (κ2) is 11.6. The van der Waals surface area contributed by atoms with Gasteiger partial charge in [-0.05, 0) is 48.6 Å². The van der Waals surface area contributed by atoms with Crippen LogP contribution < -0.4 is 10.0 Å². The zero-order chi connectivity index (χ0) is 26.4. The maximum Gasteiger partial charge on any atom is 0.244 e. The van der Waals surface area contributed by atoms with Crippen molar-refractivity contribution in [1.29, 1.82) is 0 Å². The minimum atomic E-state index is -4.55. The largest absolute Gasteiger partial charge is 0.350 e. The molecule has 0 unspecified atom stereocenters. The zero-order valence-electron chi connectivity index (χ0n) is 19.8. The first-order chi connectivity index (χ1) is 17.7. The molecule has 2 aromatic carbocycles. The fourth-order valence-corrected chi connectivity index (χ4v) is 5.53. The summed E-state index contributed by atoms with van der Waals surface area (Å²) in [4.78, 5) is 31.2. The summed E-state index contributed by atoms with van der Waals surface area (Å²) >= 11 is 0. The Morgan fingerprint density at radius 2 is 1.81 bits per heavy atom. The molecule has 0 bridgehead atoms. The van der Waals surface area contributed by atoms with Crippen molar-refractivity contribution in [3.8, 4) is 0 Å². The van der Waals surface area contributed by atoms with Crippen molar-refractivity contribution in [2.45, 2.75) is 42.8 Å². The summed E-state index contributed by atoms with van der Waals surface area (Å²) in [6.45, 7) is 0.548. The van der Waals surface area contributed by atoms with Crippen molar-refractivity contribution in [2.75, 3.05) is 6.54 Å². The van der Waals surface area contributed by atoms with E-state index in [1.165, 1.54) is 17.3 Å². The lowest BCUT2D eigenvalue weighted by Gasteiger charge is -2.29. The Labute approximate surface area is 213 Å². The lowest BCUT2D eigenvalue weighted by atomic mass is 10.1. The lowest BCUT2D eigenvalue weighted by molar-refractivity contribution is -0.139. The smallest absolute Gasteiger partial charge is 0.244 e. The van der Waals surface area contributed by atoms with Gasteiger partial charge in [-0.15, -0.1) is 0 Å². The van der Waals surface area contributed by atoms with Crippen molar-refractivity contribution in [3.63, 3.8) is 0 Å². The van der Waals surface area contributed by atoms with E-state index in [2.05, 4.69) is 15.0 Å². The number of benzene rings is 2. The number of sulfonamides is 1. The molecule has 2 N–H and O–H groups in total. The minimum absolute atomic E-state index is 0.0798. The molecule has 0 saturated carbocycles. The van der Waals surface area contributed by atoms with Crippen molar-refractivity contribution in [2.24, 2.45) is 0 Å². The Hall–Kier alpha value is -3.70. The van der Waals surface area contributed by atoms with Gasteiger partial charge in [-0.25, -0.2) is 17.2 Å². The third-order valence-electron chi connectivity index (χ3n) is 6.09. The van der Waals surface area contributed by atoms with Crippen LogP contribution in [0.4, 0.5) is 8.78 Å². The fourth-order valence-electron chi connectivity index (χ4n) is 4.28. The Kier molecular flexibility index (Phi) is 8.24. The molecule has 4 rings (SSSR count). The molecule has 8 nitrogen and oxygen atoms in total. The number of hydrogen-bond donors (Lipinski definition) is 2. The second-order valence-corrected chi connectivity index (χ2v) is 10.4. The Balaban J connectivity index is 1.55. The first-order valence-electron chi connectivity index (χ1n) is 11.7. The molecule has 1 saturated heterocycles. The van der Waals surface area contributed by atoms with Crippen LogP contribution in [0.2, 0.25) is 0 Å². The topological polar surface area (TPSA) is 108 Å². The van der Waals surface area contributed by atoms with E-state index >= 15 is 0 Å². The van der Waals surface area contributed by atoms with Crippen molar-refractivity contribution >= 4 is 21.8 Å². The molecule has 3 aromatic rings. The SMILES string of the molecule is O=C(NCc1ccccc1)[C@@H]1CCCN1C(=O)[C@H](Cc1cccnc1)NS(=O)(=O)c1ccc(F)cc1F. The first-order valence-corrected chi connectivity index (χ1v) is 13.2. The third-order valence-corrected chi connectivity index (χ3v) is 7.59. The molecular formula is C26H26F2N4O4S. The number of amides is 2. The predicted octanol–water partition coefficient (Wildman–Crippen LogP) is 2.56. The third kappa shape index (κ3) is 6.55. The predicted molar refractivity (Wildman–Crippen MR) is 131 cm³/mol. The molecule has 11 heteroatoms. The number of aromatic nitrogens is 1. The number of pyridine rings is 1. The summed E-state index contributed by atoms with van der Waals surface area (Å²) in [7, 11) is -4.55. The highest BCUT2D eigenvalue weighted by molar-refractivity contribution is 7.89. The van der Waals surface area contributed by atoms with Gasteiger partial charge in [0.15, 0.2) is 0 Å². The van der Waals surface area contributed by atoms with Crippen LogP contribution in [0.1, 0.15) is 24.0 Å². The van der Waals surface area contributed by atoms with E-state index in [1.54, 1.807) is 12.1 Å². The molecule has 0 radical (unpaired) electrons. The average Bonchev–Trinajstić information content (AvgIpc) is 3.37. The van der Waals surface area contributed by atoms with Gasteiger partial charge in [0.25, 0.3) is 0 Å². The van der Waals surface area contributed by atoms with Crippen LogP contribution in [0, 0.1) is 11.6 Å². The summed E-state index contributed by atoms with van der Waals surface area (Å²) < 4.78 is 56.0. The maximum atomic E-state index is 14.3. The van der Waals surface area contributed by atoms with Crippen LogP contribution in [0.5, 0.6) is 0 Å². The lowest BCUT2D eigenvalue weighted by Crippen LogP contribution is -2.54. The van der Waals surface area contributed by atoms with Crippen LogP contribution in [0.25, 0.3) is 0 Å². The molecule has 0 aliphatic carbocycles. The number of halogens is 2. The second-order valence-electron chi connectivity index (χ2n) is 8.71. The first kappa shape index (κ1) is 26.4. The highest BCUT2D eigenvalue weighted by Crippen LogP contribution is 2.22. The summed E-state index contributed by atoms with van der Waals surface area (Å²) in [5, 5.41) is 2.83. The highest BCUT2D eigenvalue weighted by atomic mass is 32.2. The van der Waals surface area contributed by atoms with Crippen LogP contribution in [0.15, 0.2) is 78.0 Å². The zero-order valence-corrected chi connectivity index (χ0v) is 20.6. The molecule has 1 aliphatic heterocycles. The molecule has 1 aromatic heterocycles. The number of likely N-dealkylation sites (tertiary alicyclic amines) is 1. The number of hydrogen-bond acceptors (Lipinski definition) is 5. The number of nitrogens with zero attached hydrogens (tertiary/aromatic N) is 2. The monoisotopic (exact) mass is 528 g/mol. The molecular weight excluding hydrogens is 502 g/mol. The summed E-state index contributed by atoms with van der Waals surface area (Å²) in [6.07, 6.45) is 3.93. The van der Waals surface area contributed by atoms with Gasteiger partial charge in [-0.3, -0.25) is 14.6 Å². The van der Waals surface area contributed by atoms with Gasteiger partial charge < -0.3 is 10.2 Å². The molecule has 194 valence electrons. The summed E-state index contributed by atoms with van der Waals surface area (Å²) in [6, 6.07) is 12.6. The quantitative estimate of drug-likeness (QED) is 0.444. The standard InChI is InChI=1S/C26H26F2N4O4S/c27-20-10-11-24(21(28)15-20)37(35,36)31-22(14-19-8-4-12-29-16-19)26(34)32-13-5-9-23(32)25(33)30-17-18-6-2-1-3-7-18/h1-4,6-8,10-12,15-16,22-23,31H,5,9,13-14,17H2,(H,30,33)/t22-,23-/m0/s1. The molecule has 2 atom stereocenters. The molecule has 2 amide bonds. The van der Waals surface area contributed by atoms with Crippen LogP contribution in [-0.4, -0.2) is 48.7 Å². The van der Waals surface area contributed by atoms with Gasteiger partial charge >= 0.3 is 0 Å². The summed E-state index contributed by atoms with van der Waals surface area (Å²) in [5.41, 5.74) is 1.46. The van der Waals surface area contributed by atoms with Gasteiger partial charge in [0.2, 0.25) is 21.8 Å². The van der Waals surface area contributed by atoms with Crippen LogP contribution in [0.3, 0.4) is 0 Å². The van der Waals surface area contributed by atoms with Crippen molar-refractivity contribution in [1.82, 2.24) is 19.9 Å². The molecule has 1 aliphatic rings. The Morgan fingerprint density at radius 1 is 1.05 bits per heavy atom. The Bertz CT molecular complexity index is 1360. The van der Waals surface area contributed by atoms with Crippen molar-refractivity contribution < 1.29 is 26.8 Å². The highest BCUT2D eigenvalue weighted by Gasteiger charge is 2.39. The number of rotatable bonds is 9. The normalized spacial score (nSPS) is 16.4. The molecule has 2 heterocycles. The van der Waals surface area contributed by atoms with E-state index in [9.17, 15) is 26.8 Å². The van der Waals surface area contributed by atoms with E-state index < -0.39 is 44.5 Å². The number of carbonyl (C=O) groups is 2.